The Hall–Kier alpha value is -1.50. The molecule has 1 fully saturated rings. The summed E-state index contributed by atoms with van der Waals surface area (Å²) in [4.78, 5) is 26.5. The fourth-order valence-corrected chi connectivity index (χ4v) is 3.25. The molecule has 20 heavy (non-hydrogen) atoms. The zero-order valence-corrected chi connectivity index (χ0v) is 12.9. The minimum Gasteiger partial charge on any atom is -0.469 e. The summed E-state index contributed by atoms with van der Waals surface area (Å²) in [5.74, 6) is -0.312. The third kappa shape index (κ3) is 2.67. The third-order valence-corrected chi connectivity index (χ3v) is 4.39. The van der Waals surface area contributed by atoms with E-state index in [-0.39, 0.29) is 29.6 Å². The molecule has 7 heteroatoms. The SMILES string of the molecule is COC(=O)C1CN(C(=O)c2snnc2C(C)C)CC1C. The number of hydrogen-bond acceptors (Lipinski definition) is 6. The third-order valence-electron chi connectivity index (χ3n) is 3.66. The van der Waals surface area contributed by atoms with E-state index in [9.17, 15) is 9.59 Å². The molecule has 0 radical (unpaired) electrons. The van der Waals surface area contributed by atoms with Crippen LogP contribution in [0.5, 0.6) is 0 Å². The van der Waals surface area contributed by atoms with Crippen LogP contribution in [0.4, 0.5) is 0 Å². The van der Waals surface area contributed by atoms with E-state index in [1.54, 1.807) is 4.90 Å². The van der Waals surface area contributed by atoms with E-state index < -0.39 is 0 Å². The summed E-state index contributed by atoms with van der Waals surface area (Å²) in [5, 5.41) is 4.03. The van der Waals surface area contributed by atoms with Crippen molar-refractivity contribution in [2.45, 2.75) is 26.7 Å². The maximum Gasteiger partial charge on any atom is 0.310 e. The summed E-state index contributed by atoms with van der Waals surface area (Å²) < 4.78 is 8.66. The van der Waals surface area contributed by atoms with Crippen LogP contribution in [0, 0.1) is 11.8 Å². The van der Waals surface area contributed by atoms with Crippen molar-refractivity contribution in [1.29, 1.82) is 0 Å². The Balaban J connectivity index is 2.15. The maximum atomic E-state index is 12.5. The molecule has 2 heterocycles. The van der Waals surface area contributed by atoms with Crippen molar-refractivity contribution in [3.8, 4) is 0 Å². The second kappa shape index (κ2) is 5.87. The van der Waals surface area contributed by atoms with Gasteiger partial charge in [-0.25, -0.2) is 0 Å². The van der Waals surface area contributed by atoms with E-state index in [0.29, 0.717) is 18.0 Å². The summed E-state index contributed by atoms with van der Waals surface area (Å²) in [6, 6.07) is 0. The Kier molecular flexibility index (Phi) is 4.37. The van der Waals surface area contributed by atoms with Crippen molar-refractivity contribution in [2.24, 2.45) is 11.8 Å². The number of rotatable bonds is 3. The van der Waals surface area contributed by atoms with Crippen molar-refractivity contribution < 1.29 is 14.3 Å². The van der Waals surface area contributed by atoms with Gasteiger partial charge in [-0.3, -0.25) is 9.59 Å². The van der Waals surface area contributed by atoms with Gasteiger partial charge in [0.1, 0.15) is 4.88 Å². The molecule has 0 spiro atoms. The van der Waals surface area contributed by atoms with Gasteiger partial charge in [0, 0.05) is 13.1 Å². The van der Waals surface area contributed by atoms with Crippen LogP contribution in [0.15, 0.2) is 0 Å². The number of likely N-dealkylation sites (tertiary alicyclic amines) is 1. The monoisotopic (exact) mass is 297 g/mol. The Bertz CT molecular complexity index is 515. The van der Waals surface area contributed by atoms with Gasteiger partial charge in [-0.2, -0.15) is 0 Å². The molecule has 2 atom stereocenters. The van der Waals surface area contributed by atoms with Crippen LogP contribution in [0.3, 0.4) is 0 Å². The van der Waals surface area contributed by atoms with E-state index in [1.807, 2.05) is 20.8 Å². The molecule has 0 aromatic carbocycles. The molecule has 2 unspecified atom stereocenters. The molecular weight excluding hydrogens is 278 g/mol. The minimum atomic E-state index is -0.251. The molecule has 2 rings (SSSR count). The van der Waals surface area contributed by atoms with Crippen molar-refractivity contribution in [3.05, 3.63) is 10.6 Å². The summed E-state index contributed by atoms with van der Waals surface area (Å²) in [6.07, 6.45) is 0. The molecule has 0 saturated carbocycles. The second-order valence-electron chi connectivity index (χ2n) is 5.46. The summed E-state index contributed by atoms with van der Waals surface area (Å²) in [6.45, 7) is 6.90. The Morgan fingerprint density at radius 1 is 1.40 bits per heavy atom. The van der Waals surface area contributed by atoms with E-state index in [2.05, 4.69) is 9.59 Å². The number of amides is 1. The minimum absolute atomic E-state index is 0.0815. The van der Waals surface area contributed by atoms with Gasteiger partial charge in [0.25, 0.3) is 5.91 Å². The fourth-order valence-electron chi connectivity index (χ4n) is 2.46. The van der Waals surface area contributed by atoms with Gasteiger partial charge >= 0.3 is 5.97 Å². The second-order valence-corrected chi connectivity index (χ2v) is 6.21. The fraction of sp³-hybridized carbons (Fsp3) is 0.692. The van der Waals surface area contributed by atoms with E-state index >= 15 is 0 Å². The highest BCUT2D eigenvalue weighted by Crippen LogP contribution is 2.28. The first-order valence-corrected chi connectivity index (χ1v) is 7.42. The van der Waals surface area contributed by atoms with E-state index in [1.165, 1.54) is 7.11 Å². The predicted molar refractivity (Wildman–Crippen MR) is 74.6 cm³/mol. The summed E-state index contributed by atoms with van der Waals surface area (Å²) >= 11 is 1.12. The van der Waals surface area contributed by atoms with Crippen molar-refractivity contribution in [3.63, 3.8) is 0 Å². The molecule has 1 amide bonds. The van der Waals surface area contributed by atoms with Crippen LogP contribution in [0.25, 0.3) is 0 Å². The molecule has 1 aromatic heterocycles. The molecule has 0 bridgehead atoms. The smallest absolute Gasteiger partial charge is 0.310 e. The van der Waals surface area contributed by atoms with Gasteiger partial charge in [-0.05, 0) is 23.4 Å². The molecule has 1 saturated heterocycles. The number of esters is 1. The van der Waals surface area contributed by atoms with Gasteiger partial charge in [-0.1, -0.05) is 25.3 Å². The Morgan fingerprint density at radius 3 is 2.70 bits per heavy atom. The number of hydrogen-bond donors (Lipinski definition) is 0. The standard InChI is InChI=1S/C13H19N3O3S/c1-7(2)10-11(20-15-14-10)12(17)16-5-8(3)9(6-16)13(18)19-4/h7-9H,5-6H2,1-4H3. The number of ether oxygens (including phenoxy) is 1. The highest BCUT2D eigenvalue weighted by molar-refractivity contribution is 7.08. The Labute approximate surface area is 122 Å². The molecule has 1 aromatic rings. The molecule has 110 valence electrons. The van der Waals surface area contributed by atoms with Crippen LogP contribution in [-0.4, -0.2) is 46.6 Å². The lowest BCUT2D eigenvalue weighted by Crippen LogP contribution is -2.30. The predicted octanol–water partition coefficient (Wildman–Crippen LogP) is 1.54. The normalized spacial score (nSPS) is 22.4. The zero-order chi connectivity index (χ0) is 14.9. The van der Waals surface area contributed by atoms with Crippen molar-refractivity contribution in [2.75, 3.05) is 20.2 Å². The number of carbonyl (C=O) groups excluding carboxylic acids is 2. The lowest BCUT2D eigenvalue weighted by Gasteiger charge is -2.15. The molecule has 1 aliphatic heterocycles. The first kappa shape index (κ1) is 14.9. The van der Waals surface area contributed by atoms with Crippen LogP contribution >= 0.6 is 11.5 Å². The summed E-state index contributed by atoms with van der Waals surface area (Å²) in [5.41, 5.74) is 0.731. The first-order valence-electron chi connectivity index (χ1n) is 6.65. The maximum absolute atomic E-state index is 12.5. The average molecular weight is 297 g/mol. The van der Waals surface area contributed by atoms with Crippen molar-refractivity contribution >= 4 is 23.4 Å². The number of nitrogens with zero attached hydrogens (tertiary/aromatic N) is 3. The Morgan fingerprint density at radius 2 is 2.10 bits per heavy atom. The highest BCUT2D eigenvalue weighted by Gasteiger charge is 2.39. The van der Waals surface area contributed by atoms with Gasteiger partial charge in [0.15, 0.2) is 0 Å². The molecule has 1 aliphatic rings. The lowest BCUT2D eigenvalue weighted by atomic mass is 9.99. The van der Waals surface area contributed by atoms with Crippen LogP contribution in [-0.2, 0) is 9.53 Å². The molecule has 6 nitrogen and oxygen atoms in total. The van der Waals surface area contributed by atoms with E-state index in [0.717, 1.165) is 17.2 Å². The molecular formula is C13H19N3O3S. The van der Waals surface area contributed by atoms with Crippen LogP contribution in [0.1, 0.15) is 42.1 Å². The van der Waals surface area contributed by atoms with Crippen LogP contribution < -0.4 is 0 Å². The lowest BCUT2D eigenvalue weighted by molar-refractivity contribution is -0.146. The van der Waals surface area contributed by atoms with Gasteiger partial charge < -0.3 is 9.64 Å². The zero-order valence-electron chi connectivity index (χ0n) is 12.1. The quantitative estimate of drug-likeness (QED) is 0.791. The van der Waals surface area contributed by atoms with Crippen molar-refractivity contribution in [1.82, 2.24) is 14.5 Å². The molecule has 0 aliphatic carbocycles. The number of aromatic nitrogens is 2. The van der Waals surface area contributed by atoms with Gasteiger partial charge in [-0.15, -0.1) is 5.10 Å². The first-order chi connectivity index (χ1) is 9.45. The number of carbonyl (C=O) groups is 2. The van der Waals surface area contributed by atoms with Gasteiger partial charge in [0.2, 0.25) is 0 Å². The van der Waals surface area contributed by atoms with Gasteiger partial charge in [0.05, 0.1) is 18.7 Å². The largest absolute Gasteiger partial charge is 0.469 e. The van der Waals surface area contributed by atoms with Crippen LogP contribution in [0.2, 0.25) is 0 Å². The van der Waals surface area contributed by atoms with E-state index in [4.69, 9.17) is 4.74 Å². The summed E-state index contributed by atoms with van der Waals surface area (Å²) in [7, 11) is 1.38. The topological polar surface area (TPSA) is 72.4 Å². The number of methoxy groups -OCH3 is 1. The highest BCUT2D eigenvalue weighted by atomic mass is 32.1. The molecule has 0 N–H and O–H groups in total. The average Bonchev–Trinajstić information content (AvgIpc) is 3.03.